The Morgan fingerprint density at radius 1 is 1.26 bits per heavy atom. The molecule has 0 fully saturated rings. The van der Waals surface area contributed by atoms with E-state index in [1.807, 2.05) is 16.8 Å². The summed E-state index contributed by atoms with van der Waals surface area (Å²) in [5.41, 5.74) is 4.55. The van der Waals surface area contributed by atoms with Gasteiger partial charge in [-0.2, -0.15) is 0 Å². The zero-order valence-corrected chi connectivity index (χ0v) is 11.1. The van der Waals surface area contributed by atoms with Gasteiger partial charge in [0.15, 0.2) is 0 Å². The lowest BCUT2D eigenvalue weighted by Gasteiger charge is -2.14. The highest BCUT2D eigenvalue weighted by Gasteiger charge is 2.19. The molecule has 2 aromatic rings. The second kappa shape index (κ2) is 4.88. The summed E-state index contributed by atoms with van der Waals surface area (Å²) in [5, 5.41) is 8.53. The zero-order valence-electron chi connectivity index (χ0n) is 11.1. The number of hydrogen-bond acceptors (Lipinski definition) is 3. The fourth-order valence-corrected chi connectivity index (χ4v) is 2.51. The molecule has 0 spiro atoms. The van der Waals surface area contributed by atoms with Crippen LogP contribution in [0.4, 0.5) is 0 Å². The molecule has 0 aliphatic heterocycles. The smallest absolute Gasteiger partial charge is 0.118 e. The monoisotopic (exact) mass is 255 g/mol. The first kappa shape index (κ1) is 12.0. The molecule has 19 heavy (non-hydrogen) atoms. The van der Waals surface area contributed by atoms with E-state index in [4.69, 9.17) is 4.74 Å². The first-order valence-corrected chi connectivity index (χ1v) is 6.51. The van der Waals surface area contributed by atoms with Crippen molar-refractivity contribution in [1.82, 2.24) is 15.0 Å². The van der Waals surface area contributed by atoms with E-state index in [0.717, 1.165) is 48.5 Å². The number of methoxy groups -OCH3 is 1. The minimum absolute atomic E-state index is 0.728. The average Bonchev–Trinajstić information content (AvgIpc) is 2.84. The lowest BCUT2D eigenvalue weighted by molar-refractivity contribution is 0.414. The van der Waals surface area contributed by atoms with Gasteiger partial charge in [0.1, 0.15) is 5.75 Å². The molecule has 98 valence electrons. The fraction of sp³-hybridized carbons (Fsp3) is 0.333. The van der Waals surface area contributed by atoms with Crippen LogP contribution in [0.1, 0.15) is 29.8 Å². The third-order valence-corrected chi connectivity index (χ3v) is 3.52. The largest absolute Gasteiger partial charge is 0.497 e. The quantitative estimate of drug-likeness (QED) is 0.846. The maximum atomic E-state index is 5.16. The van der Waals surface area contributed by atoms with Crippen molar-refractivity contribution in [1.29, 1.82) is 0 Å². The van der Waals surface area contributed by atoms with E-state index in [9.17, 15) is 0 Å². The van der Waals surface area contributed by atoms with Gasteiger partial charge in [0, 0.05) is 0 Å². The summed E-state index contributed by atoms with van der Waals surface area (Å²) in [4.78, 5) is 0. The molecule has 0 saturated heterocycles. The number of aromatic nitrogens is 3. The molecule has 1 aliphatic carbocycles. The van der Waals surface area contributed by atoms with Gasteiger partial charge < -0.3 is 4.74 Å². The highest BCUT2D eigenvalue weighted by molar-refractivity contribution is 5.63. The van der Waals surface area contributed by atoms with E-state index in [0.29, 0.717) is 0 Å². The Kier molecular flexibility index (Phi) is 3.07. The van der Waals surface area contributed by atoms with E-state index in [1.54, 1.807) is 7.11 Å². The van der Waals surface area contributed by atoms with Crippen molar-refractivity contribution < 1.29 is 4.74 Å². The molecule has 1 heterocycles. The SMILES string of the molecule is C=C1CCCc2nnn(Cc3ccc(OC)cc3)c21. The van der Waals surface area contributed by atoms with E-state index < -0.39 is 0 Å². The second-order valence-corrected chi connectivity index (χ2v) is 4.85. The Hall–Kier alpha value is -2.10. The predicted molar refractivity (Wildman–Crippen MR) is 74.1 cm³/mol. The van der Waals surface area contributed by atoms with E-state index >= 15 is 0 Å². The van der Waals surface area contributed by atoms with Gasteiger partial charge in [-0.25, -0.2) is 4.68 Å². The van der Waals surface area contributed by atoms with E-state index in [-0.39, 0.29) is 0 Å². The van der Waals surface area contributed by atoms with Crippen LogP contribution in [0.15, 0.2) is 30.8 Å². The lowest BCUT2D eigenvalue weighted by Crippen LogP contribution is -2.09. The Morgan fingerprint density at radius 3 is 2.79 bits per heavy atom. The van der Waals surface area contributed by atoms with Gasteiger partial charge in [0.05, 0.1) is 25.0 Å². The van der Waals surface area contributed by atoms with Gasteiger partial charge in [-0.15, -0.1) is 5.10 Å². The van der Waals surface area contributed by atoms with Gasteiger partial charge in [0.2, 0.25) is 0 Å². The summed E-state index contributed by atoms with van der Waals surface area (Å²) in [6, 6.07) is 8.04. The number of aryl methyl sites for hydroxylation is 1. The summed E-state index contributed by atoms with van der Waals surface area (Å²) >= 11 is 0. The van der Waals surface area contributed by atoms with Crippen molar-refractivity contribution in [3.63, 3.8) is 0 Å². The van der Waals surface area contributed by atoms with Crippen molar-refractivity contribution in [2.45, 2.75) is 25.8 Å². The maximum absolute atomic E-state index is 5.16. The Morgan fingerprint density at radius 2 is 2.05 bits per heavy atom. The number of ether oxygens (including phenoxy) is 1. The molecule has 0 radical (unpaired) electrons. The maximum Gasteiger partial charge on any atom is 0.118 e. The van der Waals surface area contributed by atoms with E-state index in [1.165, 1.54) is 5.56 Å². The molecule has 4 nitrogen and oxygen atoms in total. The van der Waals surface area contributed by atoms with Crippen LogP contribution in [0.25, 0.3) is 5.57 Å². The third kappa shape index (κ3) is 2.26. The van der Waals surface area contributed by atoms with Crippen LogP contribution in [0.5, 0.6) is 5.75 Å². The van der Waals surface area contributed by atoms with Crippen molar-refractivity contribution in [2.75, 3.05) is 7.11 Å². The van der Waals surface area contributed by atoms with Gasteiger partial charge in [-0.05, 0) is 42.5 Å². The van der Waals surface area contributed by atoms with Crippen LogP contribution in [-0.2, 0) is 13.0 Å². The summed E-state index contributed by atoms with van der Waals surface area (Å²) in [6.45, 7) is 4.86. The summed E-state index contributed by atoms with van der Waals surface area (Å²) in [5.74, 6) is 0.869. The van der Waals surface area contributed by atoms with Gasteiger partial charge in [0.25, 0.3) is 0 Å². The highest BCUT2D eigenvalue weighted by Crippen LogP contribution is 2.28. The molecule has 0 saturated carbocycles. The Balaban J connectivity index is 1.87. The van der Waals surface area contributed by atoms with Gasteiger partial charge in [-0.3, -0.25) is 0 Å². The average molecular weight is 255 g/mol. The van der Waals surface area contributed by atoms with Crippen LogP contribution in [-0.4, -0.2) is 22.1 Å². The molecule has 0 amide bonds. The topological polar surface area (TPSA) is 39.9 Å². The zero-order chi connectivity index (χ0) is 13.2. The first-order chi connectivity index (χ1) is 9.28. The number of hydrogen-bond donors (Lipinski definition) is 0. The van der Waals surface area contributed by atoms with Crippen molar-refractivity contribution in [3.8, 4) is 5.75 Å². The Labute approximate surface area is 112 Å². The highest BCUT2D eigenvalue weighted by atomic mass is 16.5. The standard InChI is InChI=1S/C15H17N3O/c1-11-4-3-5-14-15(11)18(17-16-14)10-12-6-8-13(19-2)9-7-12/h6-9H,1,3-5,10H2,2H3. The molecule has 1 aliphatic rings. The predicted octanol–water partition coefficient (Wildman–Crippen LogP) is 2.68. The molecule has 3 rings (SSSR count). The molecular formula is C15H17N3O. The molecule has 0 N–H and O–H groups in total. The Bertz CT molecular complexity index is 598. The van der Waals surface area contributed by atoms with Crippen molar-refractivity contribution in [2.24, 2.45) is 0 Å². The molecule has 4 heteroatoms. The molecule has 0 bridgehead atoms. The van der Waals surface area contributed by atoms with Crippen LogP contribution < -0.4 is 4.74 Å². The number of fused-ring (bicyclic) bond motifs is 1. The second-order valence-electron chi connectivity index (χ2n) is 4.85. The van der Waals surface area contributed by atoms with Crippen LogP contribution in [0.2, 0.25) is 0 Å². The van der Waals surface area contributed by atoms with Crippen LogP contribution in [0, 0.1) is 0 Å². The van der Waals surface area contributed by atoms with Crippen molar-refractivity contribution in [3.05, 3.63) is 47.8 Å². The number of rotatable bonds is 3. The minimum atomic E-state index is 0.728. The van der Waals surface area contributed by atoms with Crippen LogP contribution >= 0.6 is 0 Å². The number of nitrogens with zero attached hydrogens (tertiary/aromatic N) is 3. The number of benzene rings is 1. The van der Waals surface area contributed by atoms with E-state index in [2.05, 4.69) is 29.0 Å². The minimum Gasteiger partial charge on any atom is -0.497 e. The van der Waals surface area contributed by atoms with Gasteiger partial charge in [-0.1, -0.05) is 23.9 Å². The number of allylic oxidation sites excluding steroid dienone is 1. The summed E-state index contributed by atoms with van der Waals surface area (Å²) < 4.78 is 7.12. The summed E-state index contributed by atoms with van der Waals surface area (Å²) in [6.07, 6.45) is 3.19. The van der Waals surface area contributed by atoms with Crippen molar-refractivity contribution >= 4 is 5.57 Å². The fourth-order valence-electron chi connectivity index (χ4n) is 2.51. The third-order valence-electron chi connectivity index (χ3n) is 3.52. The van der Waals surface area contributed by atoms with Gasteiger partial charge >= 0.3 is 0 Å². The first-order valence-electron chi connectivity index (χ1n) is 6.51. The summed E-state index contributed by atoms with van der Waals surface area (Å²) in [7, 11) is 1.67. The molecule has 1 aromatic carbocycles. The molecule has 0 unspecified atom stereocenters. The molecule has 0 atom stereocenters. The van der Waals surface area contributed by atoms with Crippen LogP contribution in [0.3, 0.4) is 0 Å². The molecule has 1 aromatic heterocycles. The lowest BCUT2D eigenvalue weighted by atomic mass is 9.96. The molecular weight excluding hydrogens is 238 g/mol. The normalized spacial score (nSPS) is 14.3.